The Kier molecular flexibility index (Phi) is 6.26. The summed E-state index contributed by atoms with van der Waals surface area (Å²) >= 11 is 0. The van der Waals surface area contributed by atoms with Crippen LogP contribution in [0.4, 0.5) is 0 Å². The maximum absolute atomic E-state index is 5.87. The second-order valence-electron chi connectivity index (χ2n) is 5.13. The van der Waals surface area contributed by atoms with E-state index in [4.69, 9.17) is 5.73 Å². The molecule has 2 nitrogen and oxygen atoms in total. The lowest BCUT2D eigenvalue weighted by atomic mass is 10.1. The van der Waals surface area contributed by atoms with Gasteiger partial charge in [-0.15, -0.1) is 0 Å². The standard InChI is InChI=1S/C13H28N2/c1-3-4-5-6-7-13(10-14)15-9-8-12(2)11-15/h12-13H,3-11,14H2,1-2H3. The number of nitrogens with two attached hydrogens (primary N) is 1. The second kappa shape index (κ2) is 7.24. The van der Waals surface area contributed by atoms with Crippen molar-refractivity contribution in [2.24, 2.45) is 11.7 Å². The molecule has 0 aromatic rings. The SMILES string of the molecule is CCCCCCC(CN)N1CCC(C)C1. The molecule has 0 bridgehead atoms. The van der Waals surface area contributed by atoms with Gasteiger partial charge in [0.1, 0.15) is 0 Å². The molecule has 2 unspecified atom stereocenters. The third-order valence-corrected chi connectivity index (χ3v) is 3.63. The quantitative estimate of drug-likeness (QED) is 0.657. The summed E-state index contributed by atoms with van der Waals surface area (Å²) in [5.41, 5.74) is 5.87. The van der Waals surface area contributed by atoms with Crippen LogP contribution in [0.3, 0.4) is 0 Å². The van der Waals surface area contributed by atoms with E-state index in [2.05, 4.69) is 18.7 Å². The fourth-order valence-corrected chi connectivity index (χ4v) is 2.56. The molecule has 0 radical (unpaired) electrons. The van der Waals surface area contributed by atoms with Crippen molar-refractivity contribution in [3.8, 4) is 0 Å². The highest BCUT2D eigenvalue weighted by Crippen LogP contribution is 2.20. The van der Waals surface area contributed by atoms with Crippen LogP contribution in [0.25, 0.3) is 0 Å². The third kappa shape index (κ3) is 4.52. The van der Waals surface area contributed by atoms with Gasteiger partial charge in [-0.2, -0.15) is 0 Å². The van der Waals surface area contributed by atoms with Crippen LogP contribution < -0.4 is 5.73 Å². The Bertz CT molecular complexity index is 159. The molecular weight excluding hydrogens is 184 g/mol. The summed E-state index contributed by atoms with van der Waals surface area (Å²) in [5.74, 6) is 0.884. The maximum atomic E-state index is 5.87. The summed E-state index contributed by atoms with van der Waals surface area (Å²) in [5, 5.41) is 0. The zero-order valence-electron chi connectivity index (χ0n) is 10.5. The normalized spacial score (nSPS) is 24.6. The molecule has 1 aliphatic rings. The van der Waals surface area contributed by atoms with Gasteiger partial charge in [0.2, 0.25) is 0 Å². The lowest BCUT2D eigenvalue weighted by molar-refractivity contribution is 0.224. The van der Waals surface area contributed by atoms with Gasteiger partial charge >= 0.3 is 0 Å². The van der Waals surface area contributed by atoms with Crippen LogP contribution in [0.2, 0.25) is 0 Å². The van der Waals surface area contributed by atoms with Crippen molar-refractivity contribution in [2.75, 3.05) is 19.6 Å². The molecule has 0 aromatic carbocycles. The largest absolute Gasteiger partial charge is 0.329 e. The molecule has 0 spiro atoms. The molecule has 0 amide bonds. The van der Waals surface area contributed by atoms with Gasteiger partial charge in [0.25, 0.3) is 0 Å². The molecule has 0 saturated carbocycles. The Morgan fingerprint density at radius 2 is 2.13 bits per heavy atom. The van der Waals surface area contributed by atoms with E-state index < -0.39 is 0 Å². The Hall–Kier alpha value is -0.0800. The molecule has 1 heterocycles. The highest BCUT2D eigenvalue weighted by atomic mass is 15.2. The smallest absolute Gasteiger partial charge is 0.0218 e. The number of hydrogen-bond donors (Lipinski definition) is 1. The molecule has 2 heteroatoms. The van der Waals surface area contributed by atoms with Crippen molar-refractivity contribution in [1.82, 2.24) is 4.90 Å². The lowest BCUT2D eigenvalue weighted by Gasteiger charge is -2.26. The number of rotatable bonds is 7. The highest BCUT2D eigenvalue weighted by Gasteiger charge is 2.24. The number of likely N-dealkylation sites (tertiary alicyclic amines) is 1. The van der Waals surface area contributed by atoms with Crippen LogP contribution in [0.15, 0.2) is 0 Å². The summed E-state index contributed by atoms with van der Waals surface area (Å²) in [6, 6.07) is 0.659. The van der Waals surface area contributed by atoms with Gasteiger partial charge < -0.3 is 5.73 Å². The van der Waals surface area contributed by atoms with Crippen LogP contribution in [-0.2, 0) is 0 Å². The van der Waals surface area contributed by atoms with Crippen LogP contribution in [0.5, 0.6) is 0 Å². The van der Waals surface area contributed by atoms with E-state index in [1.165, 1.54) is 51.6 Å². The number of nitrogens with zero attached hydrogens (tertiary/aromatic N) is 1. The number of hydrogen-bond acceptors (Lipinski definition) is 2. The summed E-state index contributed by atoms with van der Waals surface area (Å²) in [7, 11) is 0. The van der Waals surface area contributed by atoms with Crippen LogP contribution in [0, 0.1) is 5.92 Å². The fraction of sp³-hybridized carbons (Fsp3) is 1.00. The van der Waals surface area contributed by atoms with Crippen molar-refractivity contribution in [1.29, 1.82) is 0 Å². The van der Waals surface area contributed by atoms with Crippen LogP contribution in [-0.4, -0.2) is 30.6 Å². The van der Waals surface area contributed by atoms with Gasteiger partial charge in [-0.1, -0.05) is 39.5 Å². The summed E-state index contributed by atoms with van der Waals surface area (Å²) < 4.78 is 0. The monoisotopic (exact) mass is 212 g/mol. The lowest BCUT2D eigenvalue weighted by Crippen LogP contribution is -2.39. The zero-order valence-corrected chi connectivity index (χ0v) is 10.5. The fourth-order valence-electron chi connectivity index (χ4n) is 2.56. The average molecular weight is 212 g/mol. The second-order valence-corrected chi connectivity index (χ2v) is 5.13. The minimum Gasteiger partial charge on any atom is -0.329 e. The summed E-state index contributed by atoms with van der Waals surface area (Å²) in [6.07, 6.45) is 8.13. The average Bonchev–Trinajstić information content (AvgIpc) is 2.65. The Balaban J connectivity index is 2.17. The Morgan fingerprint density at radius 3 is 2.67 bits per heavy atom. The molecular formula is C13H28N2. The predicted molar refractivity (Wildman–Crippen MR) is 67.0 cm³/mol. The van der Waals surface area contributed by atoms with Gasteiger partial charge in [-0.3, -0.25) is 4.90 Å². The molecule has 15 heavy (non-hydrogen) atoms. The Labute approximate surface area is 95.2 Å². The van der Waals surface area contributed by atoms with E-state index in [0.717, 1.165) is 12.5 Å². The van der Waals surface area contributed by atoms with E-state index >= 15 is 0 Å². The maximum Gasteiger partial charge on any atom is 0.0218 e. The molecule has 0 aliphatic carbocycles. The zero-order chi connectivity index (χ0) is 11.1. The van der Waals surface area contributed by atoms with Gasteiger partial charge in [-0.05, 0) is 25.3 Å². The predicted octanol–water partition coefficient (Wildman–Crippen LogP) is 2.63. The first kappa shape index (κ1) is 13.0. The van der Waals surface area contributed by atoms with E-state index in [1.807, 2.05) is 0 Å². The molecule has 1 fully saturated rings. The number of unbranched alkanes of at least 4 members (excludes halogenated alkanes) is 3. The van der Waals surface area contributed by atoms with Crippen molar-refractivity contribution < 1.29 is 0 Å². The minimum atomic E-state index is 0.659. The van der Waals surface area contributed by atoms with E-state index in [0.29, 0.717) is 6.04 Å². The molecule has 2 atom stereocenters. The summed E-state index contributed by atoms with van der Waals surface area (Å²) in [6.45, 7) is 8.01. The van der Waals surface area contributed by atoms with E-state index in [-0.39, 0.29) is 0 Å². The first-order chi connectivity index (χ1) is 7.27. The van der Waals surface area contributed by atoms with Crippen molar-refractivity contribution >= 4 is 0 Å². The van der Waals surface area contributed by atoms with Crippen molar-refractivity contribution in [3.05, 3.63) is 0 Å². The molecule has 2 N–H and O–H groups in total. The van der Waals surface area contributed by atoms with E-state index in [1.54, 1.807) is 0 Å². The van der Waals surface area contributed by atoms with Crippen LogP contribution >= 0.6 is 0 Å². The molecule has 1 aliphatic heterocycles. The third-order valence-electron chi connectivity index (χ3n) is 3.63. The molecule has 0 aromatic heterocycles. The molecule has 1 rings (SSSR count). The van der Waals surface area contributed by atoms with Gasteiger partial charge in [0.05, 0.1) is 0 Å². The van der Waals surface area contributed by atoms with Crippen molar-refractivity contribution in [2.45, 2.75) is 58.4 Å². The van der Waals surface area contributed by atoms with Crippen LogP contribution in [0.1, 0.15) is 52.4 Å². The Morgan fingerprint density at radius 1 is 1.33 bits per heavy atom. The first-order valence-corrected chi connectivity index (χ1v) is 6.72. The highest BCUT2D eigenvalue weighted by molar-refractivity contribution is 4.80. The summed E-state index contributed by atoms with van der Waals surface area (Å²) in [4.78, 5) is 2.61. The topological polar surface area (TPSA) is 29.3 Å². The van der Waals surface area contributed by atoms with Gasteiger partial charge in [0, 0.05) is 19.1 Å². The molecule has 1 saturated heterocycles. The minimum absolute atomic E-state index is 0.659. The van der Waals surface area contributed by atoms with E-state index in [9.17, 15) is 0 Å². The van der Waals surface area contributed by atoms with Gasteiger partial charge in [-0.25, -0.2) is 0 Å². The van der Waals surface area contributed by atoms with Gasteiger partial charge in [0.15, 0.2) is 0 Å². The van der Waals surface area contributed by atoms with Crippen molar-refractivity contribution in [3.63, 3.8) is 0 Å². The first-order valence-electron chi connectivity index (χ1n) is 6.72. The molecule has 90 valence electrons.